The molecular formula is C14H6Cl2F3N3. The van der Waals surface area contributed by atoms with Crippen molar-refractivity contribution < 1.29 is 13.2 Å². The third-order valence-corrected chi connectivity index (χ3v) is 3.46. The van der Waals surface area contributed by atoms with E-state index in [1.54, 1.807) is 6.07 Å². The first-order chi connectivity index (χ1) is 10.5. The Kier molecular flexibility index (Phi) is 3.80. The van der Waals surface area contributed by atoms with Gasteiger partial charge in [0, 0.05) is 12.1 Å². The third kappa shape index (κ3) is 2.55. The summed E-state index contributed by atoms with van der Waals surface area (Å²) in [5.74, 6) is -3.18. The van der Waals surface area contributed by atoms with Crippen LogP contribution in [0.1, 0.15) is 0 Å². The van der Waals surface area contributed by atoms with Gasteiger partial charge in [-0.15, -0.1) is 0 Å². The van der Waals surface area contributed by atoms with Crippen molar-refractivity contribution in [3.05, 3.63) is 64.5 Å². The van der Waals surface area contributed by atoms with Crippen LogP contribution >= 0.6 is 23.2 Å². The van der Waals surface area contributed by atoms with Gasteiger partial charge in [0.1, 0.15) is 28.9 Å². The number of rotatable bonds is 2. The number of pyridine rings is 1. The van der Waals surface area contributed by atoms with E-state index in [0.717, 1.165) is 0 Å². The second kappa shape index (κ2) is 5.62. The lowest BCUT2D eigenvalue weighted by molar-refractivity contribution is 0.547. The summed E-state index contributed by atoms with van der Waals surface area (Å²) in [5.41, 5.74) is -0.0680. The summed E-state index contributed by atoms with van der Waals surface area (Å²) in [6, 6.07) is 4.24. The molecule has 0 spiro atoms. The Balaban J connectivity index is 2.25. The maximum Gasteiger partial charge on any atom is 0.155 e. The Labute approximate surface area is 133 Å². The molecule has 0 saturated heterocycles. The normalized spacial score (nSPS) is 11.0. The van der Waals surface area contributed by atoms with Gasteiger partial charge in [-0.3, -0.25) is 4.57 Å². The number of imidazole rings is 1. The molecule has 0 aliphatic heterocycles. The minimum absolute atomic E-state index is 0.0409. The molecule has 1 aromatic carbocycles. The first-order valence-corrected chi connectivity index (χ1v) is 6.72. The van der Waals surface area contributed by atoms with Crippen molar-refractivity contribution in [1.82, 2.24) is 14.5 Å². The van der Waals surface area contributed by atoms with Gasteiger partial charge >= 0.3 is 0 Å². The van der Waals surface area contributed by atoms with Gasteiger partial charge in [-0.1, -0.05) is 23.2 Å². The standard InChI is InChI=1S/C14H6Cl2F3N3/c15-11-2-1-8(5-20-11)22-6-21-14(16)13(22)12-9(18)3-7(17)4-10(12)19/h1-6H. The predicted molar refractivity (Wildman–Crippen MR) is 76.7 cm³/mol. The van der Waals surface area contributed by atoms with Crippen LogP contribution in [0.2, 0.25) is 10.3 Å². The van der Waals surface area contributed by atoms with Gasteiger partial charge in [0.05, 0.1) is 23.1 Å². The summed E-state index contributed by atoms with van der Waals surface area (Å²) in [7, 11) is 0. The monoisotopic (exact) mass is 343 g/mol. The highest BCUT2D eigenvalue weighted by atomic mass is 35.5. The first kappa shape index (κ1) is 14.9. The van der Waals surface area contributed by atoms with Crippen molar-refractivity contribution in [2.75, 3.05) is 0 Å². The summed E-state index contributed by atoms with van der Waals surface area (Å²) in [6.45, 7) is 0. The Morgan fingerprint density at radius 2 is 1.64 bits per heavy atom. The maximum absolute atomic E-state index is 14.0. The van der Waals surface area contributed by atoms with Crippen LogP contribution in [0.3, 0.4) is 0 Å². The van der Waals surface area contributed by atoms with E-state index >= 15 is 0 Å². The van der Waals surface area contributed by atoms with E-state index in [9.17, 15) is 13.2 Å². The molecule has 112 valence electrons. The van der Waals surface area contributed by atoms with Crippen molar-refractivity contribution in [3.63, 3.8) is 0 Å². The van der Waals surface area contributed by atoms with E-state index in [0.29, 0.717) is 17.8 Å². The van der Waals surface area contributed by atoms with Crippen molar-refractivity contribution in [1.29, 1.82) is 0 Å². The molecule has 22 heavy (non-hydrogen) atoms. The molecular weight excluding hydrogens is 338 g/mol. The van der Waals surface area contributed by atoms with Crippen LogP contribution in [-0.2, 0) is 0 Å². The molecule has 0 unspecified atom stereocenters. The van der Waals surface area contributed by atoms with Crippen LogP contribution in [-0.4, -0.2) is 14.5 Å². The second-order valence-electron chi connectivity index (χ2n) is 4.34. The summed E-state index contributed by atoms with van der Waals surface area (Å²) >= 11 is 11.6. The van der Waals surface area contributed by atoms with Crippen LogP contribution in [0, 0.1) is 17.5 Å². The lowest BCUT2D eigenvalue weighted by Crippen LogP contribution is -2.01. The van der Waals surface area contributed by atoms with Gasteiger partial charge in [0.2, 0.25) is 0 Å². The second-order valence-corrected chi connectivity index (χ2v) is 5.08. The zero-order valence-corrected chi connectivity index (χ0v) is 12.2. The smallest absolute Gasteiger partial charge is 0.155 e. The van der Waals surface area contributed by atoms with Crippen LogP contribution in [0.4, 0.5) is 13.2 Å². The molecule has 2 heterocycles. The van der Waals surface area contributed by atoms with E-state index in [1.807, 2.05) is 0 Å². The minimum Gasteiger partial charge on any atom is -0.296 e. The van der Waals surface area contributed by atoms with E-state index in [1.165, 1.54) is 23.2 Å². The summed E-state index contributed by atoms with van der Waals surface area (Å²) in [4.78, 5) is 7.72. The highest BCUT2D eigenvalue weighted by Crippen LogP contribution is 2.33. The highest BCUT2D eigenvalue weighted by molar-refractivity contribution is 6.32. The molecule has 3 rings (SSSR count). The molecule has 3 aromatic rings. The van der Waals surface area contributed by atoms with Crippen LogP contribution in [0.25, 0.3) is 16.9 Å². The van der Waals surface area contributed by atoms with Gasteiger partial charge in [-0.2, -0.15) is 0 Å². The summed E-state index contributed by atoms with van der Waals surface area (Å²) in [5, 5.41) is 0.134. The Bertz CT molecular complexity index is 824. The lowest BCUT2D eigenvalue weighted by Gasteiger charge is -2.10. The summed E-state index contributed by atoms with van der Waals surface area (Å²) < 4.78 is 42.4. The van der Waals surface area contributed by atoms with Gasteiger partial charge in [0.15, 0.2) is 5.15 Å². The van der Waals surface area contributed by atoms with Gasteiger partial charge < -0.3 is 0 Å². The zero-order chi connectivity index (χ0) is 15.9. The molecule has 2 aromatic heterocycles. The Morgan fingerprint density at radius 3 is 2.23 bits per heavy atom. The average Bonchev–Trinajstić information content (AvgIpc) is 2.81. The largest absolute Gasteiger partial charge is 0.296 e. The van der Waals surface area contributed by atoms with Crippen molar-refractivity contribution in [2.24, 2.45) is 0 Å². The molecule has 0 radical (unpaired) electrons. The number of hydrogen-bond acceptors (Lipinski definition) is 2. The minimum atomic E-state index is -1.08. The van der Waals surface area contributed by atoms with E-state index in [2.05, 4.69) is 9.97 Å². The molecule has 0 amide bonds. The van der Waals surface area contributed by atoms with Gasteiger partial charge in [-0.05, 0) is 12.1 Å². The van der Waals surface area contributed by atoms with Gasteiger partial charge in [0.25, 0.3) is 0 Å². The van der Waals surface area contributed by atoms with Crippen molar-refractivity contribution >= 4 is 23.2 Å². The van der Waals surface area contributed by atoms with E-state index in [-0.39, 0.29) is 16.0 Å². The fourth-order valence-corrected chi connectivity index (χ4v) is 2.37. The molecule has 0 aliphatic rings. The topological polar surface area (TPSA) is 30.7 Å². The Hall–Kier alpha value is -2.05. The average molecular weight is 344 g/mol. The molecule has 0 aliphatic carbocycles. The van der Waals surface area contributed by atoms with Crippen molar-refractivity contribution in [3.8, 4) is 16.9 Å². The van der Waals surface area contributed by atoms with E-state index in [4.69, 9.17) is 23.2 Å². The third-order valence-electron chi connectivity index (χ3n) is 2.96. The molecule has 8 heteroatoms. The number of nitrogens with zero attached hydrogens (tertiary/aromatic N) is 3. The van der Waals surface area contributed by atoms with Crippen LogP contribution in [0.15, 0.2) is 36.8 Å². The lowest BCUT2D eigenvalue weighted by atomic mass is 10.1. The molecule has 3 nitrogen and oxygen atoms in total. The molecule has 0 fully saturated rings. The summed E-state index contributed by atoms with van der Waals surface area (Å²) in [6.07, 6.45) is 2.67. The number of halogens is 5. The zero-order valence-electron chi connectivity index (χ0n) is 10.7. The molecule has 0 bridgehead atoms. The van der Waals surface area contributed by atoms with E-state index < -0.39 is 23.0 Å². The first-order valence-electron chi connectivity index (χ1n) is 5.97. The molecule has 0 N–H and O–H groups in total. The number of aromatic nitrogens is 3. The quantitative estimate of drug-likeness (QED) is 0.633. The molecule has 0 saturated carbocycles. The molecule has 0 atom stereocenters. The highest BCUT2D eigenvalue weighted by Gasteiger charge is 2.21. The van der Waals surface area contributed by atoms with Crippen molar-refractivity contribution in [2.45, 2.75) is 0 Å². The van der Waals surface area contributed by atoms with Gasteiger partial charge in [-0.25, -0.2) is 23.1 Å². The fraction of sp³-hybridized carbons (Fsp3) is 0. The maximum atomic E-state index is 14.0. The SMILES string of the molecule is Fc1cc(F)c(-c2c(Cl)ncn2-c2ccc(Cl)nc2)c(F)c1. The number of benzene rings is 1. The van der Waals surface area contributed by atoms with Crippen LogP contribution < -0.4 is 0 Å². The Morgan fingerprint density at radius 1 is 0.955 bits per heavy atom. The predicted octanol–water partition coefficient (Wildman–Crippen LogP) is 4.66. The van der Waals surface area contributed by atoms with Crippen LogP contribution in [0.5, 0.6) is 0 Å². The fourth-order valence-electron chi connectivity index (χ4n) is 2.02. The number of hydrogen-bond donors (Lipinski definition) is 0.